The van der Waals surface area contributed by atoms with E-state index < -0.39 is 0 Å². The van der Waals surface area contributed by atoms with E-state index in [4.69, 9.17) is 0 Å². The van der Waals surface area contributed by atoms with Gasteiger partial charge in [0.05, 0.1) is 6.04 Å². The number of hydrogen-bond acceptors (Lipinski definition) is 3. The normalized spacial score (nSPS) is 20.0. The molecule has 1 N–H and O–H groups in total. The second-order valence-corrected chi connectivity index (χ2v) is 5.42. The summed E-state index contributed by atoms with van der Waals surface area (Å²) in [6.07, 6.45) is 0. The fraction of sp³-hybridized carbons (Fsp3) is 0.462. The molecule has 1 atom stereocenters. The molecule has 1 aliphatic rings. The molecule has 1 aromatic rings. The average molecular weight is 250 g/mol. The third-order valence-electron chi connectivity index (χ3n) is 3.03. The molecular weight excluding hydrogens is 232 g/mol. The Hall–Kier alpha value is -1.000. The lowest BCUT2D eigenvalue weighted by Gasteiger charge is -2.28. The van der Waals surface area contributed by atoms with Crippen molar-refractivity contribution < 1.29 is 4.79 Å². The van der Waals surface area contributed by atoms with Gasteiger partial charge in [0, 0.05) is 30.8 Å². The zero-order chi connectivity index (χ0) is 12.3. The van der Waals surface area contributed by atoms with Gasteiger partial charge in [0.15, 0.2) is 0 Å². The van der Waals surface area contributed by atoms with Crippen molar-refractivity contribution in [3.63, 3.8) is 0 Å². The van der Waals surface area contributed by atoms with E-state index in [9.17, 15) is 4.79 Å². The number of carbonyl (C=O) groups excluding carboxylic acids is 1. The van der Waals surface area contributed by atoms with Crippen molar-refractivity contribution >= 4 is 23.4 Å². The highest BCUT2D eigenvalue weighted by molar-refractivity contribution is 7.99. The van der Waals surface area contributed by atoms with Crippen LogP contribution in [0.25, 0.3) is 0 Å². The lowest BCUT2D eigenvalue weighted by Crippen LogP contribution is -2.49. The number of aryl methyl sites for hydroxylation is 1. The smallest absolute Gasteiger partial charge is 0.244 e. The van der Waals surface area contributed by atoms with Gasteiger partial charge >= 0.3 is 0 Å². The molecule has 1 heterocycles. The van der Waals surface area contributed by atoms with Gasteiger partial charge in [-0.2, -0.15) is 11.8 Å². The Labute approximate surface area is 107 Å². The van der Waals surface area contributed by atoms with Gasteiger partial charge in [-0.25, -0.2) is 0 Å². The van der Waals surface area contributed by atoms with E-state index >= 15 is 0 Å². The van der Waals surface area contributed by atoms with E-state index in [1.54, 1.807) is 4.90 Å². The Kier molecular flexibility index (Phi) is 4.07. The van der Waals surface area contributed by atoms with Crippen LogP contribution in [0.15, 0.2) is 24.3 Å². The fourth-order valence-corrected chi connectivity index (χ4v) is 2.94. The Bertz CT molecular complexity index is 402. The molecule has 1 amide bonds. The van der Waals surface area contributed by atoms with E-state index in [-0.39, 0.29) is 11.9 Å². The van der Waals surface area contributed by atoms with Crippen LogP contribution in [0, 0.1) is 6.92 Å². The molecule has 0 aliphatic carbocycles. The van der Waals surface area contributed by atoms with Crippen LogP contribution in [0.2, 0.25) is 0 Å². The summed E-state index contributed by atoms with van der Waals surface area (Å²) in [5.74, 6) is 2.12. The molecule has 0 aromatic heterocycles. The van der Waals surface area contributed by atoms with Crippen molar-refractivity contribution in [3.8, 4) is 0 Å². The molecule has 0 bridgehead atoms. The van der Waals surface area contributed by atoms with Crippen LogP contribution in [0.5, 0.6) is 0 Å². The number of benzene rings is 1. The molecule has 92 valence electrons. The molecule has 2 rings (SSSR count). The molecule has 1 unspecified atom stereocenters. The molecule has 17 heavy (non-hydrogen) atoms. The van der Waals surface area contributed by atoms with Gasteiger partial charge in [0.2, 0.25) is 5.91 Å². The number of likely N-dealkylation sites (N-methyl/N-ethyl adjacent to an activating group) is 1. The monoisotopic (exact) mass is 250 g/mol. The molecule has 1 aliphatic heterocycles. The number of para-hydroxylation sites is 1. The van der Waals surface area contributed by atoms with E-state index in [1.807, 2.05) is 50.0 Å². The van der Waals surface area contributed by atoms with Crippen molar-refractivity contribution in [2.24, 2.45) is 0 Å². The van der Waals surface area contributed by atoms with Crippen LogP contribution < -0.4 is 10.2 Å². The number of nitrogens with one attached hydrogen (secondary N) is 1. The number of nitrogens with zero attached hydrogens (tertiary/aromatic N) is 1. The van der Waals surface area contributed by atoms with Crippen LogP contribution >= 0.6 is 11.8 Å². The molecule has 0 saturated carbocycles. The maximum Gasteiger partial charge on any atom is 0.244 e. The standard InChI is InChI=1S/C13H18N2OS/c1-10-5-3-4-6-12(10)15(2)13(16)11-9-17-8-7-14-11/h3-6,11,14H,7-9H2,1-2H3. The largest absolute Gasteiger partial charge is 0.314 e. The lowest BCUT2D eigenvalue weighted by molar-refractivity contribution is -0.119. The molecular formula is C13H18N2OS. The Balaban J connectivity index is 2.11. The van der Waals surface area contributed by atoms with E-state index in [0.29, 0.717) is 0 Å². The molecule has 3 nitrogen and oxygen atoms in total. The first-order valence-corrected chi connectivity index (χ1v) is 7.00. The minimum absolute atomic E-state index is 0.0432. The first kappa shape index (κ1) is 12.5. The average Bonchev–Trinajstić information content (AvgIpc) is 2.39. The molecule has 0 radical (unpaired) electrons. The molecule has 1 fully saturated rings. The predicted octanol–water partition coefficient (Wildman–Crippen LogP) is 1.66. The third kappa shape index (κ3) is 2.82. The topological polar surface area (TPSA) is 32.3 Å². The Morgan fingerprint density at radius 2 is 2.24 bits per heavy atom. The minimum Gasteiger partial charge on any atom is -0.314 e. The molecule has 4 heteroatoms. The van der Waals surface area contributed by atoms with Crippen LogP contribution in [0.3, 0.4) is 0 Å². The number of rotatable bonds is 2. The predicted molar refractivity (Wildman–Crippen MR) is 73.7 cm³/mol. The van der Waals surface area contributed by atoms with Crippen molar-refractivity contribution in [3.05, 3.63) is 29.8 Å². The Morgan fingerprint density at radius 1 is 1.47 bits per heavy atom. The van der Waals surface area contributed by atoms with Gasteiger partial charge < -0.3 is 10.2 Å². The number of hydrogen-bond donors (Lipinski definition) is 1. The highest BCUT2D eigenvalue weighted by atomic mass is 32.2. The van der Waals surface area contributed by atoms with Crippen LogP contribution in [-0.2, 0) is 4.79 Å². The van der Waals surface area contributed by atoms with Crippen LogP contribution in [0.1, 0.15) is 5.56 Å². The first-order valence-electron chi connectivity index (χ1n) is 5.84. The summed E-state index contributed by atoms with van der Waals surface area (Å²) in [7, 11) is 1.85. The summed E-state index contributed by atoms with van der Waals surface area (Å²) in [4.78, 5) is 14.1. The van der Waals surface area contributed by atoms with Crippen LogP contribution in [-0.4, -0.2) is 37.0 Å². The third-order valence-corrected chi connectivity index (χ3v) is 4.09. The van der Waals surface area contributed by atoms with E-state index in [1.165, 1.54) is 0 Å². The number of anilines is 1. The van der Waals surface area contributed by atoms with Gasteiger partial charge in [-0.15, -0.1) is 0 Å². The molecule has 1 aromatic carbocycles. The quantitative estimate of drug-likeness (QED) is 0.866. The maximum atomic E-state index is 12.3. The van der Waals surface area contributed by atoms with Gasteiger partial charge in [-0.05, 0) is 18.6 Å². The fourth-order valence-electron chi connectivity index (χ4n) is 2.02. The number of carbonyl (C=O) groups is 1. The number of thioether (sulfide) groups is 1. The van der Waals surface area contributed by atoms with Gasteiger partial charge in [-0.3, -0.25) is 4.79 Å². The second kappa shape index (κ2) is 5.56. The SMILES string of the molecule is Cc1ccccc1N(C)C(=O)C1CSCCN1. The highest BCUT2D eigenvalue weighted by Gasteiger charge is 2.25. The summed E-state index contributed by atoms with van der Waals surface area (Å²) >= 11 is 1.84. The van der Waals surface area contributed by atoms with E-state index in [2.05, 4.69) is 5.32 Å². The summed E-state index contributed by atoms with van der Waals surface area (Å²) < 4.78 is 0. The molecule has 1 saturated heterocycles. The van der Waals surface area contributed by atoms with Crippen LogP contribution in [0.4, 0.5) is 5.69 Å². The molecule has 0 spiro atoms. The van der Waals surface area contributed by atoms with Gasteiger partial charge in [-0.1, -0.05) is 18.2 Å². The summed E-state index contributed by atoms with van der Waals surface area (Å²) in [6.45, 7) is 2.95. The van der Waals surface area contributed by atoms with Crippen molar-refractivity contribution in [1.29, 1.82) is 0 Å². The minimum atomic E-state index is -0.0432. The maximum absolute atomic E-state index is 12.3. The van der Waals surface area contributed by atoms with Crippen molar-refractivity contribution in [2.75, 3.05) is 30.0 Å². The van der Waals surface area contributed by atoms with Crippen molar-refractivity contribution in [1.82, 2.24) is 5.32 Å². The Morgan fingerprint density at radius 3 is 2.88 bits per heavy atom. The second-order valence-electron chi connectivity index (χ2n) is 4.27. The summed E-state index contributed by atoms with van der Waals surface area (Å²) in [5.41, 5.74) is 2.13. The van der Waals surface area contributed by atoms with E-state index in [0.717, 1.165) is 29.3 Å². The number of amides is 1. The zero-order valence-electron chi connectivity index (χ0n) is 10.3. The van der Waals surface area contributed by atoms with Gasteiger partial charge in [0.1, 0.15) is 0 Å². The zero-order valence-corrected chi connectivity index (χ0v) is 11.1. The lowest BCUT2D eigenvalue weighted by atomic mass is 10.1. The van der Waals surface area contributed by atoms with Crippen molar-refractivity contribution in [2.45, 2.75) is 13.0 Å². The highest BCUT2D eigenvalue weighted by Crippen LogP contribution is 2.20. The summed E-state index contributed by atoms with van der Waals surface area (Å²) in [5, 5.41) is 3.28. The summed E-state index contributed by atoms with van der Waals surface area (Å²) in [6, 6.07) is 7.94. The first-order chi connectivity index (χ1) is 8.20. The van der Waals surface area contributed by atoms with Gasteiger partial charge in [0.25, 0.3) is 0 Å².